The molecule has 0 radical (unpaired) electrons. The zero-order chi connectivity index (χ0) is 15.5. The van der Waals surface area contributed by atoms with Crippen LogP contribution in [-0.4, -0.2) is 28.5 Å². The van der Waals surface area contributed by atoms with Gasteiger partial charge in [-0.15, -0.1) is 0 Å². The van der Waals surface area contributed by atoms with Gasteiger partial charge in [0.05, 0.1) is 6.04 Å². The number of carbonyl (C=O) groups is 3. The van der Waals surface area contributed by atoms with Crippen LogP contribution in [0.15, 0.2) is 42.5 Å². The van der Waals surface area contributed by atoms with Crippen molar-refractivity contribution in [2.75, 3.05) is 0 Å². The summed E-state index contributed by atoms with van der Waals surface area (Å²) in [5.74, 6) is -0.592. The van der Waals surface area contributed by atoms with Crippen LogP contribution in [0.1, 0.15) is 31.2 Å². The van der Waals surface area contributed by atoms with Crippen molar-refractivity contribution in [3.05, 3.63) is 48.0 Å². The van der Waals surface area contributed by atoms with Gasteiger partial charge in [-0.2, -0.15) is 0 Å². The molecular formula is C18H19NO3. The summed E-state index contributed by atoms with van der Waals surface area (Å²) in [4.78, 5) is 37.5. The SMILES string of the molecule is O=C(CCc1ccccc1)[C@H]1CCC[C@@H]1N1C(=O)C=CC1=O. The molecular weight excluding hydrogens is 278 g/mol. The van der Waals surface area contributed by atoms with E-state index in [1.807, 2.05) is 30.3 Å². The first kappa shape index (κ1) is 14.7. The van der Waals surface area contributed by atoms with Crippen LogP contribution in [0.3, 0.4) is 0 Å². The topological polar surface area (TPSA) is 54.5 Å². The number of imide groups is 1. The zero-order valence-corrected chi connectivity index (χ0v) is 12.4. The Kier molecular flexibility index (Phi) is 4.18. The van der Waals surface area contributed by atoms with E-state index in [9.17, 15) is 14.4 Å². The Morgan fingerprint density at radius 3 is 2.41 bits per heavy atom. The number of amides is 2. The normalized spacial score (nSPS) is 24.3. The quantitative estimate of drug-likeness (QED) is 0.784. The van der Waals surface area contributed by atoms with Crippen LogP contribution >= 0.6 is 0 Å². The van der Waals surface area contributed by atoms with E-state index in [1.165, 1.54) is 17.1 Å². The number of nitrogens with zero attached hydrogens (tertiary/aromatic N) is 1. The molecule has 3 rings (SSSR count). The third-order valence-electron chi connectivity index (χ3n) is 4.57. The summed E-state index contributed by atoms with van der Waals surface area (Å²) in [6.07, 6.45) is 6.18. The molecule has 1 aromatic rings. The van der Waals surface area contributed by atoms with Gasteiger partial charge < -0.3 is 0 Å². The van der Waals surface area contributed by atoms with Gasteiger partial charge in [-0.1, -0.05) is 36.8 Å². The van der Waals surface area contributed by atoms with Crippen molar-refractivity contribution in [3.63, 3.8) is 0 Å². The summed E-state index contributed by atoms with van der Waals surface area (Å²) < 4.78 is 0. The molecule has 1 fully saturated rings. The monoisotopic (exact) mass is 297 g/mol. The summed E-state index contributed by atoms with van der Waals surface area (Å²) in [6.45, 7) is 0. The molecule has 22 heavy (non-hydrogen) atoms. The van der Waals surface area contributed by atoms with Gasteiger partial charge in [-0.25, -0.2) is 0 Å². The maximum absolute atomic E-state index is 12.5. The van der Waals surface area contributed by atoms with Gasteiger partial charge in [0.1, 0.15) is 5.78 Å². The molecule has 0 saturated heterocycles. The molecule has 0 aromatic heterocycles. The summed E-state index contributed by atoms with van der Waals surface area (Å²) in [5, 5.41) is 0. The van der Waals surface area contributed by atoms with Gasteiger partial charge in [-0.3, -0.25) is 19.3 Å². The van der Waals surface area contributed by atoms with E-state index in [0.29, 0.717) is 12.8 Å². The summed E-state index contributed by atoms with van der Waals surface area (Å²) in [6, 6.07) is 9.65. The number of Topliss-reactive ketones (excluding diaryl/α,β-unsaturated/α-hetero) is 1. The number of benzene rings is 1. The highest BCUT2D eigenvalue weighted by atomic mass is 16.2. The highest BCUT2D eigenvalue weighted by molar-refractivity contribution is 6.13. The van der Waals surface area contributed by atoms with E-state index in [0.717, 1.165) is 24.8 Å². The average molecular weight is 297 g/mol. The average Bonchev–Trinajstić information content (AvgIpc) is 3.12. The second kappa shape index (κ2) is 6.26. The molecule has 1 aromatic carbocycles. The smallest absolute Gasteiger partial charge is 0.253 e. The molecule has 4 heteroatoms. The number of hydrogen-bond donors (Lipinski definition) is 0. The van der Waals surface area contributed by atoms with Crippen molar-refractivity contribution < 1.29 is 14.4 Å². The van der Waals surface area contributed by atoms with E-state index in [4.69, 9.17) is 0 Å². The molecule has 0 N–H and O–H groups in total. The predicted molar refractivity (Wildman–Crippen MR) is 81.9 cm³/mol. The first-order chi connectivity index (χ1) is 10.7. The van der Waals surface area contributed by atoms with Crippen LogP contribution in [0.4, 0.5) is 0 Å². The maximum Gasteiger partial charge on any atom is 0.253 e. The van der Waals surface area contributed by atoms with Gasteiger partial charge in [0, 0.05) is 24.5 Å². The lowest BCUT2D eigenvalue weighted by molar-refractivity contribution is -0.141. The van der Waals surface area contributed by atoms with E-state index < -0.39 is 0 Å². The third-order valence-corrected chi connectivity index (χ3v) is 4.57. The lowest BCUT2D eigenvalue weighted by Gasteiger charge is -2.27. The Hall–Kier alpha value is -2.23. The zero-order valence-electron chi connectivity index (χ0n) is 12.4. The van der Waals surface area contributed by atoms with E-state index in [1.54, 1.807) is 0 Å². The van der Waals surface area contributed by atoms with E-state index in [2.05, 4.69) is 0 Å². The molecule has 2 aliphatic rings. The van der Waals surface area contributed by atoms with Crippen LogP contribution in [-0.2, 0) is 20.8 Å². The minimum atomic E-state index is -0.280. The van der Waals surface area contributed by atoms with Gasteiger partial charge >= 0.3 is 0 Å². The summed E-state index contributed by atoms with van der Waals surface area (Å²) in [5.41, 5.74) is 1.14. The Bertz CT molecular complexity index is 602. The molecule has 0 bridgehead atoms. The van der Waals surface area contributed by atoms with E-state index in [-0.39, 0.29) is 29.6 Å². The fourth-order valence-corrected chi connectivity index (χ4v) is 3.46. The molecule has 2 atom stereocenters. The summed E-state index contributed by atoms with van der Waals surface area (Å²) >= 11 is 0. The second-order valence-corrected chi connectivity index (χ2v) is 5.94. The van der Waals surface area contributed by atoms with Crippen molar-refractivity contribution in [2.24, 2.45) is 5.92 Å². The molecule has 1 saturated carbocycles. The number of carbonyl (C=O) groups excluding carboxylic acids is 3. The molecule has 4 nitrogen and oxygen atoms in total. The molecule has 1 heterocycles. The van der Waals surface area contributed by atoms with Crippen LogP contribution in [0.2, 0.25) is 0 Å². The Morgan fingerprint density at radius 2 is 1.73 bits per heavy atom. The fourth-order valence-electron chi connectivity index (χ4n) is 3.46. The van der Waals surface area contributed by atoms with Crippen molar-refractivity contribution in [3.8, 4) is 0 Å². The molecule has 2 amide bonds. The molecule has 114 valence electrons. The lowest BCUT2D eigenvalue weighted by atomic mass is 9.93. The second-order valence-electron chi connectivity index (χ2n) is 5.94. The Balaban J connectivity index is 1.64. The highest BCUT2D eigenvalue weighted by Gasteiger charge is 2.41. The van der Waals surface area contributed by atoms with E-state index >= 15 is 0 Å². The van der Waals surface area contributed by atoms with Crippen LogP contribution in [0.25, 0.3) is 0 Å². The van der Waals surface area contributed by atoms with Gasteiger partial charge in [0.2, 0.25) is 0 Å². The molecule has 0 spiro atoms. The van der Waals surface area contributed by atoms with Gasteiger partial charge in [-0.05, 0) is 24.8 Å². The largest absolute Gasteiger partial charge is 0.299 e. The highest BCUT2D eigenvalue weighted by Crippen LogP contribution is 2.33. The van der Waals surface area contributed by atoms with Crippen molar-refractivity contribution in [2.45, 2.75) is 38.1 Å². The number of rotatable bonds is 5. The molecule has 1 aliphatic heterocycles. The van der Waals surface area contributed by atoms with Crippen molar-refractivity contribution in [1.29, 1.82) is 0 Å². The van der Waals surface area contributed by atoms with Crippen LogP contribution < -0.4 is 0 Å². The minimum absolute atomic E-state index is 0.166. The molecule has 0 unspecified atom stereocenters. The van der Waals surface area contributed by atoms with Crippen molar-refractivity contribution >= 4 is 17.6 Å². The first-order valence-corrected chi connectivity index (χ1v) is 7.78. The number of aryl methyl sites for hydroxylation is 1. The molecule has 1 aliphatic carbocycles. The Labute approximate surface area is 129 Å². The fraction of sp³-hybridized carbons (Fsp3) is 0.389. The van der Waals surface area contributed by atoms with Gasteiger partial charge in [0.15, 0.2) is 0 Å². The van der Waals surface area contributed by atoms with Gasteiger partial charge in [0.25, 0.3) is 11.8 Å². The van der Waals surface area contributed by atoms with Crippen LogP contribution in [0, 0.1) is 5.92 Å². The lowest BCUT2D eigenvalue weighted by Crippen LogP contribution is -2.44. The Morgan fingerprint density at radius 1 is 1.05 bits per heavy atom. The summed E-state index contributed by atoms with van der Waals surface area (Å²) in [7, 11) is 0. The number of hydrogen-bond acceptors (Lipinski definition) is 3. The minimum Gasteiger partial charge on any atom is -0.299 e. The first-order valence-electron chi connectivity index (χ1n) is 7.78. The predicted octanol–water partition coefficient (Wildman–Crippen LogP) is 2.28. The third kappa shape index (κ3) is 2.86. The maximum atomic E-state index is 12.5. The standard InChI is InChI=1S/C18H19NO3/c20-16(10-9-13-5-2-1-3-6-13)14-7-4-8-15(14)19-17(21)11-12-18(19)22/h1-3,5-6,11-12,14-15H,4,7-10H2/t14-,15-/m0/s1. The number of ketones is 1. The van der Waals surface area contributed by atoms with Crippen LogP contribution in [0.5, 0.6) is 0 Å². The van der Waals surface area contributed by atoms with Crippen molar-refractivity contribution in [1.82, 2.24) is 4.90 Å².